The van der Waals surface area contributed by atoms with Gasteiger partial charge in [0.05, 0.1) is 16.3 Å². The molecule has 1 atom stereocenters. The van der Waals surface area contributed by atoms with Crippen molar-refractivity contribution in [3.8, 4) is 0 Å². The van der Waals surface area contributed by atoms with Crippen LogP contribution in [0.3, 0.4) is 0 Å². The third-order valence-corrected chi connectivity index (χ3v) is 5.31. The Kier molecular flexibility index (Phi) is 9.61. The molecular formula is C21H21Cl2FN2O4S. The summed E-state index contributed by atoms with van der Waals surface area (Å²) in [6.07, 6.45) is 2.13. The average Bonchev–Trinajstić information content (AvgIpc) is 2.71. The molecule has 0 saturated heterocycles. The first-order valence-electron chi connectivity index (χ1n) is 9.18. The van der Waals surface area contributed by atoms with Crippen LogP contribution in [0.15, 0.2) is 36.4 Å². The second-order valence-electron chi connectivity index (χ2n) is 6.57. The maximum atomic E-state index is 13.8. The quantitative estimate of drug-likeness (QED) is 0.510. The Morgan fingerprint density at radius 2 is 1.90 bits per heavy atom. The van der Waals surface area contributed by atoms with Crippen LogP contribution >= 0.6 is 35.0 Å². The number of aryl methyl sites for hydroxylation is 1. The molecule has 1 unspecified atom stereocenters. The van der Waals surface area contributed by atoms with Gasteiger partial charge in [0.15, 0.2) is 6.61 Å². The van der Waals surface area contributed by atoms with Crippen molar-refractivity contribution in [1.29, 1.82) is 0 Å². The predicted molar refractivity (Wildman–Crippen MR) is 121 cm³/mol. The molecule has 0 aliphatic heterocycles. The van der Waals surface area contributed by atoms with Crippen LogP contribution in [-0.2, 0) is 14.3 Å². The van der Waals surface area contributed by atoms with E-state index in [1.54, 1.807) is 13.0 Å². The van der Waals surface area contributed by atoms with E-state index in [2.05, 4.69) is 10.6 Å². The van der Waals surface area contributed by atoms with Gasteiger partial charge in [-0.25, -0.2) is 9.18 Å². The molecule has 10 heteroatoms. The number of amides is 2. The number of esters is 1. The summed E-state index contributed by atoms with van der Waals surface area (Å²) in [6, 6.07) is 7.71. The summed E-state index contributed by atoms with van der Waals surface area (Å²) in [5.41, 5.74) is 0.840. The van der Waals surface area contributed by atoms with E-state index in [0.717, 1.165) is 0 Å². The van der Waals surface area contributed by atoms with Gasteiger partial charge in [-0.3, -0.25) is 9.59 Å². The maximum absolute atomic E-state index is 13.8. The fourth-order valence-electron chi connectivity index (χ4n) is 2.54. The summed E-state index contributed by atoms with van der Waals surface area (Å²) in [6.45, 7) is 1.09. The summed E-state index contributed by atoms with van der Waals surface area (Å²) in [5, 5.41) is 5.42. The van der Waals surface area contributed by atoms with Gasteiger partial charge in [0.1, 0.15) is 11.9 Å². The third-order valence-electron chi connectivity index (χ3n) is 4.12. The summed E-state index contributed by atoms with van der Waals surface area (Å²) in [5.74, 6) is -2.09. The summed E-state index contributed by atoms with van der Waals surface area (Å²) >= 11 is 13.4. The lowest BCUT2D eigenvalue weighted by Gasteiger charge is -2.18. The van der Waals surface area contributed by atoms with Gasteiger partial charge in [-0.1, -0.05) is 29.3 Å². The average molecular weight is 487 g/mol. The highest BCUT2D eigenvalue weighted by Gasteiger charge is 2.24. The van der Waals surface area contributed by atoms with Crippen LogP contribution in [0.2, 0.25) is 10.0 Å². The number of hydrogen-bond acceptors (Lipinski definition) is 5. The normalized spacial score (nSPS) is 11.5. The van der Waals surface area contributed by atoms with Crippen molar-refractivity contribution < 1.29 is 23.5 Å². The number of nitrogens with one attached hydrogen (secondary N) is 2. The number of rotatable bonds is 9. The Labute approximate surface area is 193 Å². The van der Waals surface area contributed by atoms with Crippen molar-refractivity contribution in [2.24, 2.45) is 0 Å². The van der Waals surface area contributed by atoms with Gasteiger partial charge < -0.3 is 15.4 Å². The minimum atomic E-state index is -0.990. The monoisotopic (exact) mass is 486 g/mol. The molecule has 0 spiro atoms. The van der Waals surface area contributed by atoms with Gasteiger partial charge in [-0.05, 0) is 61.2 Å². The fraction of sp³-hybridized carbons (Fsp3) is 0.286. The van der Waals surface area contributed by atoms with Crippen LogP contribution in [-0.4, -0.2) is 42.4 Å². The number of anilines is 1. The lowest BCUT2D eigenvalue weighted by atomic mass is 10.1. The zero-order valence-corrected chi connectivity index (χ0v) is 19.2. The molecule has 0 fully saturated rings. The number of carbonyl (C=O) groups excluding carboxylic acids is 3. The van der Waals surface area contributed by atoms with Crippen LogP contribution in [0.25, 0.3) is 0 Å². The van der Waals surface area contributed by atoms with E-state index in [4.69, 9.17) is 27.9 Å². The number of carbonyl (C=O) groups is 3. The van der Waals surface area contributed by atoms with E-state index in [9.17, 15) is 18.8 Å². The van der Waals surface area contributed by atoms with Gasteiger partial charge in [0.25, 0.3) is 11.8 Å². The number of thioether (sulfide) groups is 1. The molecule has 0 saturated carbocycles. The van der Waals surface area contributed by atoms with Crippen LogP contribution in [0, 0.1) is 12.7 Å². The molecule has 0 bridgehead atoms. The summed E-state index contributed by atoms with van der Waals surface area (Å²) in [4.78, 5) is 37.0. The Bertz CT molecular complexity index is 974. The van der Waals surface area contributed by atoms with Gasteiger partial charge in [-0.2, -0.15) is 11.8 Å². The molecule has 0 aliphatic rings. The summed E-state index contributed by atoms with van der Waals surface area (Å²) in [7, 11) is 0. The topological polar surface area (TPSA) is 84.5 Å². The SMILES string of the molecule is CSCCC(NC(=O)c1ccc(Cl)cc1Cl)C(=O)OCC(=O)Nc1ccc(C)cc1F. The summed E-state index contributed by atoms with van der Waals surface area (Å²) < 4.78 is 18.9. The first kappa shape index (κ1) is 25.0. The second-order valence-corrected chi connectivity index (χ2v) is 8.40. The van der Waals surface area contributed by atoms with Crippen LogP contribution in [0.1, 0.15) is 22.3 Å². The molecule has 2 N–H and O–H groups in total. The van der Waals surface area contributed by atoms with Crippen molar-refractivity contribution >= 4 is 58.4 Å². The molecule has 2 amide bonds. The molecule has 2 rings (SSSR count). The van der Waals surface area contributed by atoms with Crippen LogP contribution in [0.4, 0.5) is 10.1 Å². The van der Waals surface area contributed by atoms with Crippen molar-refractivity contribution in [3.05, 3.63) is 63.4 Å². The Balaban J connectivity index is 1.98. The zero-order valence-electron chi connectivity index (χ0n) is 16.8. The molecular weight excluding hydrogens is 466 g/mol. The number of ether oxygens (including phenoxy) is 1. The molecule has 0 aliphatic carbocycles. The maximum Gasteiger partial charge on any atom is 0.329 e. The minimum absolute atomic E-state index is 0.0173. The van der Waals surface area contributed by atoms with E-state index >= 15 is 0 Å². The van der Waals surface area contributed by atoms with E-state index < -0.39 is 36.2 Å². The minimum Gasteiger partial charge on any atom is -0.454 e. The Morgan fingerprint density at radius 1 is 1.16 bits per heavy atom. The largest absolute Gasteiger partial charge is 0.454 e. The van der Waals surface area contributed by atoms with Gasteiger partial charge >= 0.3 is 5.97 Å². The standard InChI is InChI=1S/C21H21Cl2FN2O4S/c1-12-3-6-17(16(24)9-12)25-19(27)11-30-21(29)18(7-8-31-2)26-20(28)14-5-4-13(22)10-15(14)23/h3-6,9-10,18H,7-8,11H2,1-2H3,(H,25,27)(H,26,28). The second kappa shape index (κ2) is 11.9. The highest BCUT2D eigenvalue weighted by atomic mass is 35.5. The van der Waals surface area contributed by atoms with Gasteiger partial charge in [0.2, 0.25) is 0 Å². The number of halogens is 3. The Morgan fingerprint density at radius 3 is 2.55 bits per heavy atom. The molecule has 0 radical (unpaired) electrons. The Hall–Kier alpha value is -2.29. The number of benzene rings is 2. The van der Waals surface area contributed by atoms with Crippen molar-refractivity contribution in [2.45, 2.75) is 19.4 Å². The van der Waals surface area contributed by atoms with E-state index in [1.807, 2.05) is 6.26 Å². The van der Waals surface area contributed by atoms with Gasteiger partial charge in [0, 0.05) is 5.02 Å². The third kappa shape index (κ3) is 7.72. The number of hydrogen-bond donors (Lipinski definition) is 2. The van der Waals surface area contributed by atoms with E-state index in [0.29, 0.717) is 16.3 Å². The molecule has 6 nitrogen and oxygen atoms in total. The van der Waals surface area contributed by atoms with E-state index in [-0.39, 0.29) is 22.7 Å². The highest BCUT2D eigenvalue weighted by molar-refractivity contribution is 7.98. The van der Waals surface area contributed by atoms with Crippen molar-refractivity contribution in [1.82, 2.24) is 5.32 Å². The first-order chi connectivity index (χ1) is 14.7. The predicted octanol–water partition coefficient (Wildman–Crippen LogP) is 4.47. The van der Waals surface area contributed by atoms with Crippen molar-refractivity contribution in [2.75, 3.05) is 23.9 Å². The van der Waals surface area contributed by atoms with Crippen LogP contribution in [0.5, 0.6) is 0 Å². The first-order valence-corrected chi connectivity index (χ1v) is 11.3. The lowest BCUT2D eigenvalue weighted by Crippen LogP contribution is -2.43. The molecule has 2 aromatic rings. The molecule has 0 aromatic heterocycles. The zero-order chi connectivity index (χ0) is 23.0. The molecule has 0 heterocycles. The van der Waals surface area contributed by atoms with E-state index in [1.165, 1.54) is 42.1 Å². The fourth-order valence-corrected chi connectivity index (χ4v) is 3.51. The molecule has 2 aromatic carbocycles. The lowest BCUT2D eigenvalue weighted by molar-refractivity contribution is -0.149. The van der Waals surface area contributed by atoms with Crippen LogP contribution < -0.4 is 10.6 Å². The molecule has 166 valence electrons. The van der Waals surface area contributed by atoms with Crippen molar-refractivity contribution in [3.63, 3.8) is 0 Å². The smallest absolute Gasteiger partial charge is 0.329 e. The molecule has 31 heavy (non-hydrogen) atoms. The highest BCUT2D eigenvalue weighted by Crippen LogP contribution is 2.21. The van der Waals surface area contributed by atoms with Gasteiger partial charge in [-0.15, -0.1) is 0 Å².